The molecule has 0 bridgehead atoms. The number of hydrogen-bond donors (Lipinski definition) is 0. The molecule has 0 aliphatic carbocycles. The molecule has 2 aromatic carbocycles. The largest absolute Gasteiger partial charge is 0.330 e. The number of hydrogen-bond acceptors (Lipinski definition) is 3. The van der Waals surface area contributed by atoms with Crippen molar-refractivity contribution in [1.29, 1.82) is 0 Å². The fourth-order valence-corrected chi connectivity index (χ4v) is 5.65. The summed E-state index contributed by atoms with van der Waals surface area (Å²) in [6.45, 7) is 1.42. The van der Waals surface area contributed by atoms with Crippen molar-refractivity contribution in [3.05, 3.63) is 71.8 Å². The Balaban J connectivity index is 2.16. The molecule has 2 aliphatic rings. The van der Waals surface area contributed by atoms with Crippen LogP contribution in [0, 0.1) is 11.3 Å². The van der Waals surface area contributed by atoms with Gasteiger partial charge in [0.2, 0.25) is 17.2 Å². The molecule has 0 aromatic heterocycles. The summed E-state index contributed by atoms with van der Waals surface area (Å²) in [5.74, 6) is -4.69. The third-order valence-corrected chi connectivity index (χ3v) is 6.93. The smallest absolute Gasteiger partial charge is 0.325 e. The Hall–Kier alpha value is -2.61. The minimum absolute atomic E-state index is 0.102. The molecule has 0 radical (unpaired) electrons. The van der Waals surface area contributed by atoms with Crippen LogP contribution in [0.5, 0.6) is 0 Å². The van der Waals surface area contributed by atoms with E-state index in [1.165, 1.54) is 14.0 Å². The Morgan fingerprint density at radius 3 is 1.80 bits per heavy atom. The fraction of sp³-hybridized carbons (Fsp3) is 0.318. The summed E-state index contributed by atoms with van der Waals surface area (Å²) in [5, 5.41) is 0. The number of fused-ring (bicyclic) bond motifs is 1. The molecule has 2 unspecified atom stereocenters. The second-order valence-corrected chi connectivity index (χ2v) is 8.48. The lowest BCUT2D eigenvalue weighted by atomic mass is 9.66. The number of rotatable bonds is 4. The maximum absolute atomic E-state index is 15.2. The van der Waals surface area contributed by atoms with Gasteiger partial charge >= 0.3 is 4.83 Å². The van der Waals surface area contributed by atoms with E-state index >= 15 is 8.78 Å². The summed E-state index contributed by atoms with van der Waals surface area (Å²) in [6, 6.07) is 17.1. The lowest BCUT2D eigenvalue weighted by Gasteiger charge is -2.41. The molecule has 2 aliphatic heterocycles. The molecule has 3 amide bonds. The average Bonchev–Trinajstić information content (AvgIpc) is 3.10. The molecule has 8 heteroatoms. The van der Waals surface area contributed by atoms with Gasteiger partial charge in [-0.1, -0.05) is 60.7 Å². The van der Waals surface area contributed by atoms with Crippen LogP contribution in [-0.2, 0) is 19.9 Å². The Morgan fingerprint density at radius 1 is 0.933 bits per heavy atom. The van der Waals surface area contributed by atoms with E-state index in [1.807, 2.05) is 0 Å². The average molecular weight is 477 g/mol. The van der Waals surface area contributed by atoms with E-state index < -0.39 is 39.4 Å². The minimum Gasteiger partial charge on any atom is -0.330 e. The van der Waals surface area contributed by atoms with Gasteiger partial charge in [0.05, 0.1) is 0 Å². The molecule has 0 spiro atoms. The molecule has 2 saturated heterocycles. The lowest BCUT2D eigenvalue weighted by Crippen LogP contribution is -2.52. The lowest BCUT2D eigenvalue weighted by molar-refractivity contribution is -0.160. The summed E-state index contributed by atoms with van der Waals surface area (Å²) in [7, 11) is 1.37. The summed E-state index contributed by atoms with van der Waals surface area (Å²) >= 11 is 2.31. The zero-order chi connectivity index (χ0) is 21.9. The van der Waals surface area contributed by atoms with Crippen LogP contribution < -0.4 is 0 Å². The van der Waals surface area contributed by atoms with E-state index in [2.05, 4.69) is 15.9 Å². The molecule has 30 heavy (non-hydrogen) atoms. The molecule has 0 N–H and O–H groups in total. The number of amides is 3. The van der Waals surface area contributed by atoms with Crippen LogP contribution in [0.3, 0.4) is 0 Å². The summed E-state index contributed by atoms with van der Waals surface area (Å²) in [5.41, 5.74) is -3.49. The van der Waals surface area contributed by atoms with Crippen LogP contribution in [0.4, 0.5) is 8.78 Å². The highest BCUT2D eigenvalue weighted by atomic mass is 79.9. The predicted molar refractivity (Wildman–Crippen MR) is 109 cm³/mol. The van der Waals surface area contributed by atoms with E-state index in [9.17, 15) is 14.4 Å². The molecule has 2 atom stereocenters. The summed E-state index contributed by atoms with van der Waals surface area (Å²) < 4.78 is 30.3. The molecule has 4 rings (SSSR count). The van der Waals surface area contributed by atoms with Gasteiger partial charge in [0, 0.05) is 13.6 Å². The Bertz CT molecular complexity index is 986. The van der Waals surface area contributed by atoms with Crippen molar-refractivity contribution in [3.8, 4) is 0 Å². The number of likely N-dealkylation sites (tertiary alicyclic amines) is 2. The zero-order valence-corrected chi connectivity index (χ0v) is 17.9. The first-order valence-electron chi connectivity index (χ1n) is 9.48. The SMILES string of the molecule is CCN1C(=O)C2C(c3ccccc3)(c3ccccc3)N(C)C(=O)C2(C(F)(F)Br)C1=O. The van der Waals surface area contributed by atoms with Crippen molar-refractivity contribution in [2.24, 2.45) is 11.3 Å². The molecule has 0 saturated carbocycles. The highest BCUT2D eigenvalue weighted by molar-refractivity contribution is 9.10. The van der Waals surface area contributed by atoms with E-state index in [-0.39, 0.29) is 6.54 Å². The van der Waals surface area contributed by atoms with Gasteiger partial charge in [0.15, 0.2) is 0 Å². The van der Waals surface area contributed by atoms with Crippen LogP contribution in [0.1, 0.15) is 18.1 Å². The Kier molecular flexibility index (Phi) is 4.61. The number of halogens is 3. The number of imide groups is 1. The van der Waals surface area contributed by atoms with Gasteiger partial charge in [-0.05, 0) is 34.0 Å². The van der Waals surface area contributed by atoms with Crippen LogP contribution in [0.25, 0.3) is 0 Å². The molecule has 2 heterocycles. The number of benzene rings is 2. The van der Waals surface area contributed by atoms with Gasteiger partial charge in [-0.3, -0.25) is 19.3 Å². The van der Waals surface area contributed by atoms with Crippen molar-refractivity contribution in [3.63, 3.8) is 0 Å². The summed E-state index contributed by atoms with van der Waals surface area (Å²) in [4.78, 5) is 38.3. The van der Waals surface area contributed by atoms with Crippen molar-refractivity contribution in [2.75, 3.05) is 13.6 Å². The van der Waals surface area contributed by atoms with Crippen molar-refractivity contribution in [2.45, 2.75) is 17.3 Å². The first-order valence-corrected chi connectivity index (χ1v) is 10.3. The maximum atomic E-state index is 15.2. The quantitative estimate of drug-likeness (QED) is 0.386. The van der Waals surface area contributed by atoms with Crippen molar-refractivity contribution >= 4 is 33.7 Å². The highest BCUT2D eigenvalue weighted by Gasteiger charge is 2.85. The van der Waals surface area contributed by atoms with Gasteiger partial charge in [-0.2, -0.15) is 8.78 Å². The van der Waals surface area contributed by atoms with Crippen LogP contribution in [-0.4, -0.2) is 45.9 Å². The van der Waals surface area contributed by atoms with Gasteiger partial charge in [0.25, 0.3) is 5.91 Å². The topological polar surface area (TPSA) is 57.7 Å². The second-order valence-electron chi connectivity index (χ2n) is 7.49. The zero-order valence-electron chi connectivity index (χ0n) is 16.3. The minimum atomic E-state index is -3.93. The normalized spacial score (nSPS) is 25.8. The van der Waals surface area contributed by atoms with Gasteiger partial charge in [-0.25, -0.2) is 0 Å². The standard InChI is InChI=1S/C22H19BrF2N2O3/c1-3-27-17(28)16-20(19(27)30,22(23,24)25)18(29)26(2)21(16,14-10-6-4-7-11-14)15-12-8-5-9-13-15/h4-13,16H,3H2,1-2H3. The first kappa shape index (κ1) is 20.7. The second kappa shape index (κ2) is 6.70. The van der Waals surface area contributed by atoms with Crippen LogP contribution in [0.15, 0.2) is 60.7 Å². The molecular formula is C22H19BrF2N2O3. The number of carbonyl (C=O) groups is 3. The van der Waals surface area contributed by atoms with Crippen LogP contribution in [0.2, 0.25) is 0 Å². The highest BCUT2D eigenvalue weighted by Crippen LogP contribution is 2.66. The monoisotopic (exact) mass is 476 g/mol. The molecule has 5 nitrogen and oxygen atoms in total. The third-order valence-electron chi connectivity index (χ3n) is 6.31. The van der Waals surface area contributed by atoms with E-state index in [1.54, 1.807) is 60.7 Å². The first-order chi connectivity index (χ1) is 14.2. The fourth-order valence-electron chi connectivity index (χ4n) is 5.08. The van der Waals surface area contributed by atoms with E-state index in [4.69, 9.17) is 0 Å². The van der Waals surface area contributed by atoms with Gasteiger partial charge in [-0.15, -0.1) is 0 Å². The number of alkyl halides is 3. The Labute approximate surface area is 180 Å². The maximum Gasteiger partial charge on any atom is 0.325 e. The molecule has 156 valence electrons. The van der Waals surface area contributed by atoms with Gasteiger partial charge < -0.3 is 4.90 Å². The van der Waals surface area contributed by atoms with E-state index in [0.29, 0.717) is 11.1 Å². The van der Waals surface area contributed by atoms with Crippen LogP contribution >= 0.6 is 15.9 Å². The molecule has 2 aromatic rings. The molecule has 2 fully saturated rings. The number of carbonyl (C=O) groups excluding carboxylic acids is 3. The van der Waals surface area contributed by atoms with E-state index in [0.717, 1.165) is 9.80 Å². The number of nitrogens with zero attached hydrogens (tertiary/aromatic N) is 2. The van der Waals surface area contributed by atoms with Crippen molar-refractivity contribution in [1.82, 2.24) is 9.80 Å². The third kappa shape index (κ3) is 2.23. The predicted octanol–water partition coefficient (Wildman–Crippen LogP) is 3.38. The Morgan fingerprint density at radius 2 is 1.40 bits per heavy atom. The van der Waals surface area contributed by atoms with Gasteiger partial charge in [0.1, 0.15) is 11.5 Å². The summed E-state index contributed by atoms with van der Waals surface area (Å²) in [6.07, 6.45) is 0. The van der Waals surface area contributed by atoms with Crippen molar-refractivity contribution < 1.29 is 23.2 Å². The molecular weight excluding hydrogens is 458 g/mol.